The molecule has 0 saturated carbocycles. The number of nitrogens with one attached hydrogen (secondary N) is 1. The largest absolute Gasteiger partial charge is 0.478 e. The smallest absolute Gasteiger partial charge is 0.335 e. The van der Waals surface area contributed by atoms with Crippen molar-refractivity contribution in [2.45, 2.75) is 6.92 Å². The third-order valence-corrected chi connectivity index (χ3v) is 3.30. The number of nitrogens with zero attached hydrogens (tertiary/aromatic N) is 1. The maximum absolute atomic E-state index is 11.0. The molecule has 1 amide bonds. The molecule has 0 atom stereocenters. The summed E-state index contributed by atoms with van der Waals surface area (Å²) in [5.74, 6) is -0.742. The fraction of sp³-hybridized carbons (Fsp3) is 0.0556. The number of fused-ring (bicyclic) bond motifs is 1. The van der Waals surface area contributed by atoms with E-state index >= 15 is 0 Å². The Kier molecular flexibility index (Phi) is 4.11. The summed E-state index contributed by atoms with van der Waals surface area (Å²) in [7, 11) is 0. The number of anilines is 1. The molecular weight excluding hydrogens is 308 g/mol. The lowest BCUT2D eigenvalue weighted by Crippen LogP contribution is -2.05. The van der Waals surface area contributed by atoms with E-state index in [4.69, 9.17) is 9.52 Å². The highest BCUT2D eigenvalue weighted by Crippen LogP contribution is 2.19. The minimum Gasteiger partial charge on any atom is -0.478 e. The van der Waals surface area contributed by atoms with Gasteiger partial charge < -0.3 is 14.8 Å². The molecule has 0 aliphatic carbocycles. The highest BCUT2D eigenvalue weighted by molar-refractivity contribution is 5.92. The van der Waals surface area contributed by atoms with Crippen LogP contribution in [0.25, 0.3) is 23.3 Å². The lowest BCUT2D eigenvalue weighted by molar-refractivity contribution is -0.114. The number of rotatable bonds is 4. The van der Waals surface area contributed by atoms with Gasteiger partial charge >= 0.3 is 5.97 Å². The molecule has 120 valence electrons. The van der Waals surface area contributed by atoms with Crippen molar-refractivity contribution in [3.05, 3.63) is 59.5 Å². The average molecular weight is 322 g/mol. The van der Waals surface area contributed by atoms with Crippen LogP contribution in [0.4, 0.5) is 5.69 Å². The summed E-state index contributed by atoms with van der Waals surface area (Å²) in [4.78, 5) is 26.2. The number of oxazole rings is 1. The summed E-state index contributed by atoms with van der Waals surface area (Å²) in [6, 6.07) is 11.9. The minimum atomic E-state index is -1.01. The monoisotopic (exact) mass is 322 g/mol. The first-order valence-corrected chi connectivity index (χ1v) is 7.21. The van der Waals surface area contributed by atoms with Crippen molar-refractivity contribution >= 4 is 40.8 Å². The normalized spacial score (nSPS) is 11.0. The van der Waals surface area contributed by atoms with Gasteiger partial charge in [0.05, 0.1) is 5.56 Å². The first-order valence-electron chi connectivity index (χ1n) is 7.21. The standard InChI is InChI=1S/C18H14N2O4/c1-11(21)19-14-6-2-12(3-7-14)4-9-17-20-15-8-5-13(18(22)23)10-16(15)24-17/h2-10H,1H3,(H,19,21)(H,22,23)/b9-4+. The Morgan fingerprint density at radius 3 is 2.54 bits per heavy atom. The lowest BCUT2D eigenvalue weighted by atomic mass is 10.2. The second-order valence-corrected chi connectivity index (χ2v) is 5.18. The van der Waals surface area contributed by atoms with Gasteiger partial charge in [-0.25, -0.2) is 9.78 Å². The van der Waals surface area contributed by atoms with Crippen molar-refractivity contribution in [2.24, 2.45) is 0 Å². The van der Waals surface area contributed by atoms with Gasteiger partial charge in [-0.05, 0) is 42.0 Å². The molecule has 24 heavy (non-hydrogen) atoms. The number of carboxylic acid groups (broad SMARTS) is 1. The second kappa shape index (κ2) is 6.37. The molecule has 2 N–H and O–H groups in total. The molecule has 0 fully saturated rings. The molecule has 0 saturated heterocycles. The number of benzene rings is 2. The van der Waals surface area contributed by atoms with Crippen molar-refractivity contribution in [2.75, 3.05) is 5.32 Å². The van der Waals surface area contributed by atoms with E-state index < -0.39 is 5.97 Å². The Hall–Kier alpha value is -3.41. The molecule has 2 aromatic carbocycles. The molecule has 6 nitrogen and oxygen atoms in total. The number of aromatic carboxylic acids is 1. The van der Waals surface area contributed by atoms with Crippen molar-refractivity contribution < 1.29 is 19.1 Å². The number of hydrogen-bond donors (Lipinski definition) is 2. The van der Waals surface area contributed by atoms with Crippen molar-refractivity contribution in [1.82, 2.24) is 4.98 Å². The highest BCUT2D eigenvalue weighted by Gasteiger charge is 2.08. The fourth-order valence-electron chi connectivity index (χ4n) is 2.20. The summed E-state index contributed by atoms with van der Waals surface area (Å²) >= 11 is 0. The van der Waals surface area contributed by atoms with Crippen LogP contribution in [0.2, 0.25) is 0 Å². The Morgan fingerprint density at radius 1 is 1.12 bits per heavy atom. The topological polar surface area (TPSA) is 92.4 Å². The number of carbonyl (C=O) groups is 2. The van der Waals surface area contributed by atoms with Crippen LogP contribution in [0.3, 0.4) is 0 Å². The summed E-state index contributed by atoms with van der Waals surface area (Å²) < 4.78 is 5.54. The van der Waals surface area contributed by atoms with E-state index in [0.29, 0.717) is 17.0 Å². The van der Waals surface area contributed by atoms with Crippen molar-refractivity contribution in [3.8, 4) is 0 Å². The molecule has 1 aromatic heterocycles. The Balaban J connectivity index is 1.79. The SMILES string of the molecule is CC(=O)Nc1ccc(/C=C/c2nc3ccc(C(=O)O)cc3o2)cc1. The summed E-state index contributed by atoms with van der Waals surface area (Å²) in [6.45, 7) is 1.46. The van der Waals surface area contributed by atoms with E-state index in [0.717, 1.165) is 11.3 Å². The van der Waals surface area contributed by atoms with Gasteiger partial charge in [-0.15, -0.1) is 0 Å². The van der Waals surface area contributed by atoms with Crippen molar-refractivity contribution in [3.63, 3.8) is 0 Å². The number of carboxylic acids is 1. The zero-order valence-electron chi connectivity index (χ0n) is 12.8. The molecule has 1 heterocycles. The van der Waals surface area contributed by atoms with Crippen LogP contribution in [0, 0.1) is 0 Å². The van der Waals surface area contributed by atoms with E-state index in [9.17, 15) is 9.59 Å². The molecule has 0 radical (unpaired) electrons. The molecular formula is C18H14N2O4. The van der Waals surface area contributed by atoms with Gasteiger partial charge in [0.15, 0.2) is 5.58 Å². The minimum absolute atomic E-state index is 0.120. The maximum atomic E-state index is 11.0. The van der Waals surface area contributed by atoms with E-state index in [-0.39, 0.29) is 11.5 Å². The third kappa shape index (κ3) is 3.49. The van der Waals surface area contributed by atoms with Gasteiger partial charge in [0, 0.05) is 18.7 Å². The zero-order valence-corrected chi connectivity index (χ0v) is 12.8. The number of hydrogen-bond acceptors (Lipinski definition) is 4. The van der Waals surface area contributed by atoms with Gasteiger partial charge in [0.1, 0.15) is 5.52 Å². The van der Waals surface area contributed by atoms with Crippen LogP contribution in [0.5, 0.6) is 0 Å². The number of aromatic nitrogens is 1. The van der Waals surface area contributed by atoms with E-state index in [1.165, 1.54) is 19.1 Å². The molecule has 0 bridgehead atoms. The van der Waals surface area contributed by atoms with Gasteiger partial charge in [0.25, 0.3) is 0 Å². The van der Waals surface area contributed by atoms with Crippen LogP contribution in [0.1, 0.15) is 28.7 Å². The summed E-state index contributed by atoms with van der Waals surface area (Å²) in [5, 5.41) is 11.7. The first kappa shape index (κ1) is 15.5. The molecule has 6 heteroatoms. The van der Waals surface area contributed by atoms with E-state index in [1.807, 2.05) is 18.2 Å². The Labute approximate surface area is 137 Å². The maximum Gasteiger partial charge on any atom is 0.335 e. The zero-order chi connectivity index (χ0) is 17.1. The van der Waals surface area contributed by atoms with Crippen LogP contribution < -0.4 is 5.32 Å². The number of amides is 1. The van der Waals surface area contributed by atoms with Crippen molar-refractivity contribution in [1.29, 1.82) is 0 Å². The average Bonchev–Trinajstić information content (AvgIpc) is 2.95. The van der Waals surface area contributed by atoms with Crippen LogP contribution >= 0.6 is 0 Å². The predicted octanol–water partition coefficient (Wildman–Crippen LogP) is 3.65. The quantitative estimate of drug-likeness (QED) is 0.765. The molecule has 0 unspecified atom stereocenters. The first-order chi connectivity index (χ1) is 11.5. The number of carbonyl (C=O) groups excluding carboxylic acids is 1. The molecule has 0 aliphatic rings. The fourth-order valence-corrected chi connectivity index (χ4v) is 2.20. The Bertz CT molecular complexity index is 939. The van der Waals surface area contributed by atoms with Gasteiger partial charge in [-0.1, -0.05) is 12.1 Å². The van der Waals surface area contributed by atoms with Crippen LogP contribution in [0.15, 0.2) is 46.9 Å². The Morgan fingerprint density at radius 2 is 1.88 bits per heavy atom. The van der Waals surface area contributed by atoms with E-state index in [1.54, 1.807) is 24.3 Å². The molecule has 3 rings (SSSR count). The van der Waals surface area contributed by atoms with Gasteiger partial charge in [-0.2, -0.15) is 0 Å². The third-order valence-electron chi connectivity index (χ3n) is 3.30. The van der Waals surface area contributed by atoms with Crippen LogP contribution in [-0.4, -0.2) is 22.0 Å². The molecule has 0 aliphatic heterocycles. The molecule has 0 spiro atoms. The summed E-state index contributed by atoms with van der Waals surface area (Å²) in [6.07, 6.45) is 3.52. The summed E-state index contributed by atoms with van der Waals surface area (Å²) in [5.41, 5.74) is 2.82. The molecule has 3 aromatic rings. The second-order valence-electron chi connectivity index (χ2n) is 5.18. The van der Waals surface area contributed by atoms with Gasteiger partial charge in [-0.3, -0.25) is 4.79 Å². The lowest BCUT2D eigenvalue weighted by Gasteiger charge is -2.01. The van der Waals surface area contributed by atoms with E-state index in [2.05, 4.69) is 10.3 Å². The van der Waals surface area contributed by atoms with Crippen LogP contribution in [-0.2, 0) is 4.79 Å². The van der Waals surface area contributed by atoms with Gasteiger partial charge in [0.2, 0.25) is 11.8 Å². The highest BCUT2D eigenvalue weighted by atomic mass is 16.4. The predicted molar refractivity (Wildman–Crippen MR) is 90.6 cm³/mol.